The Kier molecular flexibility index (Phi) is 4.08. The monoisotopic (exact) mass is 238 g/mol. The lowest BCUT2D eigenvalue weighted by Gasteiger charge is -2.40. The molecule has 2 rings (SSSR count). The van der Waals surface area contributed by atoms with E-state index in [0.29, 0.717) is 30.3 Å². The summed E-state index contributed by atoms with van der Waals surface area (Å²) >= 11 is 0. The number of carbonyl (C=O) groups is 1. The first-order chi connectivity index (χ1) is 8.13. The fraction of sp³-hybridized carbons (Fsp3) is 0.929. The SMILES string of the molecule is CC1CCN(C(=O)C2CCCC2C)C(CN)C1. The van der Waals surface area contributed by atoms with Crippen molar-refractivity contribution in [2.75, 3.05) is 13.1 Å². The topological polar surface area (TPSA) is 46.3 Å². The number of carbonyl (C=O) groups excluding carboxylic acids is 1. The summed E-state index contributed by atoms with van der Waals surface area (Å²) in [4.78, 5) is 14.6. The van der Waals surface area contributed by atoms with Crippen LogP contribution in [-0.2, 0) is 4.79 Å². The molecule has 98 valence electrons. The van der Waals surface area contributed by atoms with E-state index in [1.807, 2.05) is 0 Å². The van der Waals surface area contributed by atoms with Gasteiger partial charge in [-0.1, -0.05) is 20.3 Å². The summed E-state index contributed by atoms with van der Waals surface area (Å²) in [5.74, 6) is 1.95. The van der Waals surface area contributed by atoms with Crippen LogP contribution < -0.4 is 5.73 Å². The highest BCUT2D eigenvalue weighted by Crippen LogP contribution is 2.34. The molecule has 1 saturated carbocycles. The maximum absolute atomic E-state index is 12.6. The van der Waals surface area contributed by atoms with E-state index in [9.17, 15) is 4.79 Å². The number of amides is 1. The molecule has 0 spiro atoms. The molecule has 4 atom stereocenters. The summed E-state index contributed by atoms with van der Waals surface area (Å²) in [5.41, 5.74) is 5.83. The quantitative estimate of drug-likeness (QED) is 0.800. The van der Waals surface area contributed by atoms with Gasteiger partial charge in [0.15, 0.2) is 0 Å². The van der Waals surface area contributed by atoms with Gasteiger partial charge in [-0.2, -0.15) is 0 Å². The van der Waals surface area contributed by atoms with Crippen molar-refractivity contribution in [3.63, 3.8) is 0 Å². The fourth-order valence-corrected chi connectivity index (χ4v) is 3.49. The van der Waals surface area contributed by atoms with Crippen molar-refractivity contribution in [2.24, 2.45) is 23.5 Å². The van der Waals surface area contributed by atoms with Crippen LogP contribution in [-0.4, -0.2) is 29.9 Å². The number of hydrogen-bond donors (Lipinski definition) is 1. The van der Waals surface area contributed by atoms with Gasteiger partial charge in [0, 0.05) is 25.0 Å². The zero-order chi connectivity index (χ0) is 12.4. The van der Waals surface area contributed by atoms with Gasteiger partial charge in [-0.15, -0.1) is 0 Å². The van der Waals surface area contributed by atoms with E-state index in [2.05, 4.69) is 18.7 Å². The lowest BCUT2D eigenvalue weighted by Crippen LogP contribution is -2.51. The third-order valence-corrected chi connectivity index (χ3v) is 4.71. The van der Waals surface area contributed by atoms with Crippen molar-refractivity contribution in [2.45, 2.75) is 52.0 Å². The normalized spacial score (nSPS) is 38.4. The Morgan fingerprint density at radius 1 is 1.29 bits per heavy atom. The molecule has 0 aromatic rings. The van der Waals surface area contributed by atoms with E-state index in [4.69, 9.17) is 5.73 Å². The third-order valence-electron chi connectivity index (χ3n) is 4.71. The molecule has 2 aliphatic rings. The maximum Gasteiger partial charge on any atom is 0.226 e. The van der Waals surface area contributed by atoms with Gasteiger partial charge in [0.25, 0.3) is 0 Å². The van der Waals surface area contributed by atoms with Gasteiger partial charge in [0.2, 0.25) is 5.91 Å². The molecule has 3 heteroatoms. The van der Waals surface area contributed by atoms with E-state index in [1.165, 1.54) is 12.8 Å². The Hall–Kier alpha value is -0.570. The summed E-state index contributed by atoms with van der Waals surface area (Å²) in [6.07, 6.45) is 5.75. The first-order valence-electron chi connectivity index (χ1n) is 7.14. The van der Waals surface area contributed by atoms with Gasteiger partial charge in [-0.25, -0.2) is 0 Å². The third kappa shape index (κ3) is 2.65. The zero-order valence-corrected chi connectivity index (χ0v) is 11.2. The molecule has 1 aliphatic carbocycles. The Balaban J connectivity index is 2.02. The minimum atomic E-state index is 0.275. The maximum atomic E-state index is 12.6. The average Bonchev–Trinajstić information content (AvgIpc) is 2.74. The van der Waals surface area contributed by atoms with Crippen LogP contribution in [0, 0.1) is 17.8 Å². The van der Waals surface area contributed by atoms with Crippen LogP contribution in [0.25, 0.3) is 0 Å². The van der Waals surface area contributed by atoms with Gasteiger partial charge < -0.3 is 10.6 Å². The number of rotatable bonds is 2. The first-order valence-corrected chi connectivity index (χ1v) is 7.14. The fourth-order valence-electron chi connectivity index (χ4n) is 3.49. The molecule has 2 fully saturated rings. The van der Waals surface area contributed by atoms with Gasteiger partial charge in [0.05, 0.1) is 0 Å². The van der Waals surface area contributed by atoms with Crippen molar-refractivity contribution in [3.05, 3.63) is 0 Å². The van der Waals surface area contributed by atoms with Crippen LogP contribution in [0.5, 0.6) is 0 Å². The summed E-state index contributed by atoms with van der Waals surface area (Å²) in [6, 6.07) is 0.291. The van der Waals surface area contributed by atoms with Crippen LogP contribution in [0.1, 0.15) is 46.0 Å². The molecule has 0 bridgehead atoms. The molecular weight excluding hydrogens is 212 g/mol. The van der Waals surface area contributed by atoms with Crippen molar-refractivity contribution >= 4 is 5.91 Å². The summed E-state index contributed by atoms with van der Waals surface area (Å²) in [7, 11) is 0. The predicted octanol–water partition coefficient (Wildman–Crippen LogP) is 2.01. The van der Waals surface area contributed by atoms with Crippen LogP contribution >= 0.6 is 0 Å². The average molecular weight is 238 g/mol. The van der Waals surface area contributed by atoms with Crippen molar-refractivity contribution < 1.29 is 4.79 Å². The van der Waals surface area contributed by atoms with Gasteiger partial charge in [-0.3, -0.25) is 4.79 Å². The summed E-state index contributed by atoms with van der Waals surface area (Å²) in [5, 5.41) is 0. The van der Waals surface area contributed by atoms with Crippen molar-refractivity contribution in [3.8, 4) is 0 Å². The van der Waals surface area contributed by atoms with Gasteiger partial charge >= 0.3 is 0 Å². The van der Waals surface area contributed by atoms with Crippen molar-refractivity contribution in [1.82, 2.24) is 4.90 Å². The minimum absolute atomic E-state index is 0.275. The van der Waals surface area contributed by atoms with Crippen LogP contribution in [0.15, 0.2) is 0 Å². The van der Waals surface area contributed by atoms with Crippen LogP contribution in [0.3, 0.4) is 0 Å². The number of likely N-dealkylation sites (tertiary alicyclic amines) is 1. The predicted molar refractivity (Wildman–Crippen MR) is 69.5 cm³/mol. The Bertz CT molecular complexity index is 279. The Labute approximate surface area is 105 Å². The molecule has 0 aromatic heterocycles. The first kappa shape index (κ1) is 12.9. The molecule has 1 saturated heterocycles. The molecule has 2 N–H and O–H groups in total. The molecule has 4 unspecified atom stereocenters. The zero-order valence-electron chi connectivity index (χ0n) is 11.2. The molecule has 0 aromatic carbocycles. The summed E-state index contributed by atoms with van der Waals surface area (Å²) < 4.78 is 0. The lowest BCUT2D eigenvalue weighted by atomic mass is 9.89. The lowest BCUT2D eigenvalue weighted by molar-refractivity contribution is -0.140. The number of nitrogens with two attached hydrogens (primary N) is 1. The second kappa shape index (κ2) is 5.38. The van der Waals surface area contributed by atoms with Crippen LogP contribution in [0.2, 0.25) is 0 Å². The Morgan fingerprint density at radius 2 is 2.06 bits per heavy atom. The number of hydrogen-bond acceptors (Lipinski definition) is 2. The molecule has 1 amide bonds. The smallest absolute Gasteiger partial charge is 0.226 e. The second-order valence-electron chi connectivity index (χ2n) is 6.07. The number of piperidine rings is 1. The van der Waals surface area contributed by atoms with Gasteiger partial charge in [-0.05, 0) is 37.5 Å². The molecule has 3 nitrogen and oxygen atoms in total. The van der Waals surface area contributed by atoms with Crippen LogP contribution in [0.4, 0.5) is 0 Å². The highest BCUT2D eigenvalue weighted by molar-refractivity contribution is 5.79. The van der Waals surface area contributed by atoms with E-state index in [1.54, 1.807) is 0 Å². The standard InChI is InChI=1S/C14H26N2O/c1-10-6-7-16(12(8-10)9-15)14(17)13-5-3-4-11(13)2/h10-13H,3-9,15H2,1-2H3. The summed E-state index contributed by atoms with van der Waals surface area (Å²) in [6.45, 7) is 6.03. The molecular formula is C14H26N2O. The molecule has 1 aliphatic heterocycles. The van der Waals surface area contributed by atoms with E-state index >= 15 is 0 Å². The molecule has 0 radical (unpaired) electrons. The molecule has 1 heterocycles. The Morgan fingerprint density at radius 3 is 2.65 bits per heavy atom. The highest BCUT2D eigenvalue weighted by atomic mass is 16.2. The highest BCUT2D eigenvalue weighted by Gasteiger charge is 2.37. The second-order valence-corrected chi connectivity index (χ2v) is 6.07. The largest absolute Gasteiger partial charge is 0.338 e. The molecule has 17 heavy (non-hydrogen) atoms. The van der Waals surface area contributed by atoms with E-state index in [-0.39, 0.29) is 5.92 Å². The van der Waals surface area contributed by atoms with Gasteiger partial charge in [0.1, 0.15) is 0 Å². The van der Waals surface area contributed by atoms with Crippen molar-refractivity contribution in [1.29, 1.82) is 0 Å². The van der Waals surface area contributed by atoms with E-state index < -0.39 is 0 Å². The minimum Gasteiger partial charge on any atom is -0.338 e. The van der Waals surface area contributed by atoms with E-state index in [0.717, 1.165) is 25.8 Å². The number of nitrogens with zero attached hydrogens (tertiary/aromatic N) is 1.